The molecule has 84 valence electrons. The Morgan fingerprint density at radius 2 is 2.27 bits per heavy atom. The first-order valence-corrected chi connectivity index (χ1v) is 5.90. The number of nitrogens with zero attached hydrogens (tertiary/aromatic N) is 2. The third kappa shape index (κ3) is 1.84. The van der Waals surface area contributed by atoms with E-state index in [1.165, 1.54) is 4.68 Å². The van der Waals surface area contributed by atoms with Gasteiger partial charge in [-0.15, -0.1) is 0 Å². The van der Waals surface area contributed by atoms with Gasteiger partial charge in [0.25, 0.3) is 0 Å². The molecule has 0 aliphatic carbocycles. The van der Waals surface area contributed by atoms with Crippen LogP contribution in [0.1, 0.15) is 13.8 Å². The van der Waals surface area contributed by atoms with Crippen LogP contribution in [-0.4, -0.2) is 29.4 Å². The van der Waals surface area contributed by atoms with Gasteiger partial charge in [0.1, 0.15) is 0 Å². The fourth-order valence-electron chi connectivity index (χ4n) is 1.51. The minimum atomic E-state index is -4.25. The zero-order valence-corrected chi connectivity index (χ0v) is 9.28. The second-order valence-electron chi connectivity index (χ2n) is 4.40. The van der Waals surface area contributed by atoms with Crippen molar-refractivity contribution >= 4 is 10.1 Å². The number of aromatic nitrogens is 2. The summed E-state index contributed by atoms with van der Waals surface area (Å²) in [5.41, 5.74) is -0.0878. The Labute approximate surface area is 87.6 Å². The maximum atomic E-state index is 10.9. The Hall–Kier alpha value is -1.08. The summed E-state index contributed by atoms with van der Waals surface area (Å²) in [6.07, 6.45) is 1.10. The van der Waals surface area contributed by atoms with Gasteiger partial charge < -0.3 is 4.74 Å². The van der Waals surface area contributed by atoms with Crippen molar-refractivity contribution in [3.8, 4) is 5.88 Å². The molecule has 0 amide bonds. The van der Waals surface area contributed by atoms with E-state index in [4.69, 9.17) is 9.29 Å². The minimum absolute atomic E-state index is 0.0878. The van der Waals surface area contributed by atoms with E-state index in [2.05, 4.69) is 5.10 Å². The highest BCUT2D eigenvalue weighted by molar-refractivity contribution is 7.86. The zero-order valence-electron chi connectivity index (χ0n) is 8.47. The quantitative estimate of drug-likeness (QED) is 0.715. The van der Waals surface area contributed by atoms with Gasteiger partial charge in [0.05, 0.1) is 19.3 Å². The molecule has 1 aromatic heterocycles. The number of hydrogen-bond acceptors (Lipinski definition) is 4. The Bertz CT molecular complexity index is 489. The molecule has 0 fully saturated rings. The maximum Gasteiger partial charge on any atom is 0.301 e. The second kappa shape index (κ2) is 2.96. The van der Waals surface area contributed by atoms with Gasteiger partial charge in [-0.2, -0.15) is 13.5 Å². The third-order valence-electron chi connectivity index (χ3n) is 2.21. The molecule has 0 atom stereocenters. The number of ether oxygens (including phenoxy) is 1. The summed E-state index contributed by atoms with van der Waals surface area (Å²) in [4.78, 5) is -0.266. The van der Waals surface area contributed by atoms with Crippen molar-refractivity contribution in [2.24, 2.45) is 5.41 Å². The number of fused-ring (bicyclic) bond motifs is 1. The highest BCUT2D eigenvalue weighted by Crippen LogP contribution is 2.32. The van der Waals surface area contributed by atoms with Crippen molar-refractivity contribution in [1.29, 1.82) is 0 Å². The molecule has 7 heteroatoms. The molecule has 2 heterocycles. The zero-order chi connectivity index (χ0) is 11.3. The average molecular weight is 232 g/mol. The van der Waals surface area contributed by atoms with Crippen LogP contribution in [0.5, 0.6) is 5.88 Å². The number of hydrogen-bond donors (Lipinski definition) is 1. The monoisotopic (exact) mass is 232 g/mol. The van der Waals surface area contributed by atoms with Crippen LogP contribution >= 0.6 is 0 Å². The van der Waals surface area contributed by atoms with Gasteiger partial charge in [-0.3, -0.25) is 4.55 Å². The highest BCUT2D eigenvalue weighted by Gasteiger charge is 2.32. The lowest BCUT2D eigenvalue weighted by atomic mass is 9.94. The molecule has 0 radical (unpaired) electrons. The van der Waals surface area contributed by atoms with Crippen LogP contribution in [0.25, 0.3) is 0 Å². The van der Waals surface area contributed by atoms with Crippen molar-refractivity contribution in [2.75, 3.05) is 6.61 Å². The van der Waals surface area contributed by atoms with Gasteiger partial charge in [-0.1, -0.05) is 13.8 Å². The Balaban J connectivity index is 2.48. The summed E-state index contributed by atoms with van der Waals surface area (Å²) in [7, 11) is -4.25. The maximum absolute atomic E-state index is 10.9. The van der Waals surface area contributed by atoms with Gasteiger partial charge in [0.2, 0.25) is 5.88 Å². The molecule has 15 heavy (non-hydrogen) atoms. The predicted octanol–water partition coefficient (Wildman–Crippen LogP) is 0.548. The van der Waals surface area contributed by atoms with Crippen molar-refractivity contribution in [1.82, 2.24) is 9.78 Å². The van der Waals surface area contributed by atoms with Gasteiger partial charge in [-0.25, -0.2) is 4.68 Å². The van der Waals surface area contributed by atoms with Crippen molar-refractivity contribution in [3.05, 3.63) is 6.20 Å². The Morgan fingerprint density at radius 1 is 1.60 bits per heavy atom. The van der Waals surface area contributed by atoms with Crippen LogP contribution in [0.15, 0.2) is 11.1 Å². The second-order valence-corrected chi connectivity index (χ2v) is 5.79. The molecule has 0 unspecified atom stereocenters. The standard InChI is InChI=1S/C8H12N2O4S/c1-8(2)4-10-7(14-5-8)6(3-9-10)15(11,12)13/h3H,4-5H2,1-2H3,(H,11,12,13). The van der Waals surface area contributed by atoms with E-state index in [-0.39, 0.29) is 16.2 Å². The Morgan fingerprint density at radius 3 is 2.87 bits per heavy atom. The lowest BCUT2D eigenvalue weighted by Gasteiger charge is -2.30. The SMILES string of the molecule is CC1(C)COc2c(S(=O)(=O)O)cnn2C1. The van der Waals surface area contributed by atoms with Crippen molar-refractivity contribution < 1.29 is 17.7 Å². The fourth-order valence-corrected chi connectivity index (χ4v) is 2.07. The van der Waals surface area contributed by atoms with E-state index in [1.54, 1.807) is 0 Å². The molecule has 0 saturated heterocycles. The summed E-state index contributed by atoms with van der Waals surface area (Å²) >= 11 is 0. The Kier molecular flexibility index (Phi) is 2.06. The molecule has 0 bridgehead atoms. The van der Waals surface area contributed by atoms with E-state index < -0.39 is 10.1 Å². The highest BCUT2D eigenvalue weighted by atomic mass is 32.2. The summed E-state index contributed by atoms with van der Waals surface area (Å²) in [6, 6.07) is 0. The first-order chi connectivity index (χ1) is 6.80. The van der Waals surface area contributed by atoms with E-state index in [9.17, 15) is 8.42 Å². The van der Waals surface area contributed by atoms with Crippen LogP contribution in [0.2, 0.25) is 0 Å². The minimum Gasteiger partial charge on any atom is -0.476 e. The van der Waals surface area contributed by atoms with E-state index >= 15 is 0 Å². The lowest BCUT2D eigenvalue weighted by Crippen LogP contribution is -2.33. The van der Waals surface area contributed by atoms with Crippen molar-refractivity contribution in [3.63, 3.8) is 0 Å². The van der Waals surface area contributed by atoms with E-state index in [0.29, 0.717) is 13.2 Å². The summed E-state index contributed by atoms with van der Waals surface area (Å²) in [5, 5.41) is 3.87. The normalized spacial score (nSPS) is 19.4. The molecular formula is C8H12N2O4S. The summed E-state index contributed by atoms with van der Waals surface area (Å²) in [5.74, 6) is 0.122. The molecule has 1 N–H and O–H groups in total. The van der Waals surface area contributed by atoms with Crippen molar-refractivity contribution in [2.45, 2.75) is 25.3 Å². The van der Waals surface area contributed by atoms with Crippen LogP contribution in [-0.2, 0) is 16.7 Å². The first kappa shape index (κ1) is 10.4. The largest absolute Gasteiger partial charge is 0.476 e. The summed E-state index contributed by atoms with van der Waals surface area (Å²) < 4.78 is 37.6. The topological polar surface area (TPSA) is 81.4 Å². The van der Waals surface area contributed by atoms with E-state index in [0.717, 1.165) is 6.20 Å². The van der Waals surface area contributed by atoms with Crippen LogP contribution in [0.4, 0.5) is 0 Å². The molecule has 1 aliphatic heterocycles. The van der Waals surface area contributed by atoms with Crippen LogP contribution < -0.4 is 4.74 Å². The molecule has 1 aromatic rings. The van der Waals surface area contributed by atoms with E-state index in [1.807, 2.05) is 13.8 Å². The molecular weight excluding hydrogens is 220 g/mol. The molecule has 1 aliphatic rings. The molecule has 0 spiro atoms. The predicted molar refractivity (Wildman–Crippen MR) is 51.3 cm³/mol. The molecule has 0 saturated carbocycles. The fraction of sp³-hybridized carbons (Fsp3) is 0.625. The molecule has 0 aromatic carbocycles. The lowest BCUT2D eigenvalue weighted by molar-refractivity contribution is 0.0968. The van der Waals surface area contributed by atoms with Gasteiger partial charge in [-0.05, 0) is 0 Å². The number of rotatable bonds is 1. The van der Waals surface area contributed by atoms with Crippen LogP contribution in [0.3, 0.4) is 0 Å². The smallest absolute Gasteiger partial charge is 0.301 e. The van der Waals surface area contributed by atoms with Gasteiger partial charge >= 0.3 is 10.1 Å². The van der Waals surface area contributed by atoms with Crippen LogP contribution in [0, 0.1) is 5.41 Å². The third-order valence-corrected chi connectivity index (χ3v) is 3.05. The van der Waals surface area contributed by atoms with Gasteiger partial charge in [0, 0.05) is 5.41 Å². The molecule has 6 nitrogen and oxygen atoms in total. The summed E-state index contributed by atoms with van der Waals surface area (Å²) in [6.45, 7) is 4.95. The first-order valence-electron chi connectivity index (χ1n) is 4.46. The van der Waals surface area contributed by atoms with Gasteiger partial charge in [0.15, 0.2) is 4.90 Å². The molecule has 2 rings (SSSR count). The average Bonchev–Trinajstić information content (AvgIpc) is 2.43.